The number of amides is 1. The Morgan fingerprint density at radius 3 is 2.64 bits per heavy atom. The normalized spacial score (nSPS) is 10.5. The Hall–Kier alpha value is -1.81. The molecule has 0 saturated heterocycles. The van der Waals surface area contributed by atoms with E-state index in [2.05, 4.69) is 5.32 Å². The van der Waals surface area contributed by atoms with Crippen molar-refractivity contribution < 1.29 is 9.18 Å². The minimum Gasteiger partial charge on any atom is -0.351 e. The van der Waals surface area contributed by atoms with E-state index in [0.717, 1.165) is 11.3 Å². The predicted octanol–water partition coefficient (Wildman–Crippen LogP) is 4.11. The van der Waals surface area contributed by atoms with E-state index < -0.39 is 0 Å². The summed E-state index contributed by atoms with van der Waals surface area (Å²) < 4.78 is 13.4. The number of nitrogens with one attached hydrogen (secondary N) is 1. The number of hydrogen-bond acceptors (Lipinski definition) is 2. The van der Waals surface area contributed by atoms with E-state index in [1.165, 1.54) is 11.6 Å². The summed E-state index contributed by atoms with van der Waals surface area (Å²) in [7, 11) is 0. The Labute approximate surface area is 135 Å². The molecule has 2 aromatic carbocycles. The molecule has 0 unspecified atom stereocenters. The molecule has 0 spiro atoms. The Kier molecular flexibility index (Phi) is 6.01. The van der Waals surface area contributed by atoms with Gasteiger partial charge in [0.2, 0.25) is 0 Å². The molecule has 0 atom stereocenters. The van der Waals surface area contributed by atoms with Crippen molar-refractivity contribution >= 4 is 17.7 Å². The van der Waals surface area contributed by atoms with E-state index in [9.17, 15) is 9.18 Å². The zero-order valence-electron chi connectivity index (χ0n) is 12.9. The molecule has 0 aliphatic carbocycles. The highest BCUT2D eigenvalue weighted by atomic mass is 32.2. The highest BCUT2D eigenvalue weighted by Gasteiger charge is 2.06. The molecule has 2 nitrogen and oxygen atoms in total. The first-order chi connectivity index (χ1) is 10.6. The molecule has 0 aromatic heterocycles. The molecule has 0 aliphatic heterocycles. The van der Waals surface area contributed by atoms with Crippen LogP contribution >= 0.6 is 11.8 Å². The van der Waals surface area contributed by atoms with Crippen molar-refractivity contribution in [1.82, 2.24) is 5.32 Å². The molecule has 0 saturated carbocycles. The maximum absolute atomic E-state index is 13.4. The van der Waals surface area contributed by atoms with Gasteiger partial charge in [-0.3, -0.25) is 4.79 Å². The standard InChI is InChI=1S/C18H20FNOS/c1-13-7-8-15(11-14(13)2)18(21)20-9-10-22-12-16-5-3-4-6-17(16)19/h3-8,11H,9-10,12H2,1-2H3,(H,20,21). The molecule has 0 heterocycles. The van der Waals surface area contributed by atoms with Gasteiger partial charge in [-0.15, -0.1) is 0 Å². The molecular weight excluding hydrogens is 297 g/mol. The molecule has 116 valence electrons. The quantitative estimate of drug-likeness (QED) is 0.813. The van der Waals surface area contributed by atoms with Crippen LogP contribution in [0.15, 0.2) is 42.5 Å². The van der Waals surface area contributed by atoms with Crippen LogP contribution in [-0.4, -0.2) is 18.2 Å². The fourth-order valence-electron chi connectivity index (χ4n) is 2.02. The number of aryl methyl sites for hydroxylation is 2. The third kappa shape index (κ3) is 4.60. The molecule has 0 radical (unpaired) electrons. The lowest BCUT2D eigenvalue weighted by Gasteiger charge is -2.07. The average molecular weight is 317 g/mol. The monoisotopic (exact) mass is 317 g/mol. The van der Waals surface area contributed by atoms with Gasteiger partial charge in [-0.2, -0.15) is 11.8 Å². The number of carbonyl (C=O) groups excluding carboxylic acids is 1. The van der Waals surface area contributed by atoms with Crippen LogP contribution in [-0.2, 0) is 5.75 Å². The van der Waals surface area contributed by atoms with Gasteiger partial charge in [-0.25, -0.2) is 4.39 Å². The molecule has 22 heavy (non-hydrogen) atoms. The molecule has 1 N–H and O–H groups in total. The van der Waals surface area contributed by atoms with Crippen molar-refractivity contribution in [3.8, 4) is 0 Å². The third-order valence-electron chi connectivity index (χ3n) is 3.52. The SMILES string of the molecule is Cc1ccc(C(=O)NCCSCc2ccccc2F)cc1C. The summed E-state index contributed by atoms with van der Waals surface area (Å²) >= 11 is 1.61. The first-order valence-electron chi connectivity index (χ1n) is 7.24. The van der Waals surface area contributed by atoms with Gasteiger partial charge in [0.25, 0.3) is 5.91 Å². The Balaban J connectivity index is 1.73. The van der Waals surface area contributed by atoms with Crippen LogP contribution < -0.4 is 5.32 Å². The maximum Gasteiger partial charge on any atom is 0.251 e. The van der Waals surface area contributed by atoms with E-state index in [1.807, 2.05) is 38.1 Å². The summed E-state index contributed by atoms with van der Waals surface area (Å²) in [6, 6.07) is 12.5. The van der Waals surface area contributed by atoms with Crippen LogP contribution in [0.5, 0.6) is 0 Å². The topological polar surface area (TPSA) is 29.1 Å². The number of rotatable bonds is 6. The number of benzene rings is 2. The predicted molar refractivity (Wildman–Crippen MR) is 90.8 cm³/mol. The van der Waals surface area contributed by atoms with Gasteiger partial charge in [0, 0.05) is 23.6 Å². The number of halogens is 1. The van der Waals surface area contributed by atoms with Crippen molar-refractivity contribution in [2.45, 2.75) is 19.6 Å². The highest BCUT2D eigenvalue weighted by Crippen LogP contribution is 2.15. The summed E-state index contributed by atoms with van der Waals surface area (Å²) in [5.41, 5.74) is 3.67. The van der Waals surface area contributed by atoms with Crippen molar-refractivity contribution in [3.05, 3.63) is 70.5 Å². The van der Waals surface area contributed by atoms with Crippen LogP contribution in [0.3, 0.4) is 0 Å². The van der Waals surface area contributed by atoms with Crippen molar-refractivity contribution in [3.63, 3.8) is 0 Å². The van der Waals surface area contributed by atoms with Crippen LogP contribution in [0.1, 0.15) is 27.0 Å². The highest BCUT2D eigenvalue weighted by molar-refractivity contribution is 7.98. The zero-order valence-corrected chi connectivity index (χ0v) is 13.7. The van der Waals surface area contributed by atoms with Crippen LogP contribution in [0.4, 0.5) is 4.39 Å². The minimum absolute atomic E-state index is 0.0606. The molecule has 4 heteroatoms. The molecule has 2 aromatic rings. The van der Waals surface area contributed by atoms with E-state index in [4.69, 9.17) is 0 Å². The fraction of sp³-hybridized carbons (Fsp3) is 0.278. The molecule has 0 aliphatic rings. The lowest BCUT2D eigenvalue weighted by atomic mass is 10.1. The van der Waals surface area contributed by atoms with Gasteiger partial charge in [-0.1, -0.05) is 24.3 Å². The number of carbonyl (C=O) groups is 1. The van der Waals surface area contributed by atoms with Gasteiger partial charge in [0.05, 0.1) is 0 Å². The summed E-state index contributed by atoms with van der Waals surface area (Å²) in [5, 5.41) is 2.89. The molecule has 1 amide bonds. The van der Waals surface area contributed by atoms with Gasteiger partial charge in [0.15, 0.2) is 0 Å². The van der Waals surface area contributed by atoms with Crippen molar-refractivity contribution in [2.75, 3.05) is 12.3 Å². The average Bonchev–Trinajstić information content (AvgIpc) is 2.51. The Morgan fingerprint density at radius 2 is 1.91 bits per heavy atom. The summed E-state index contributed by atoms with van der Waals surface area (Å²) in [5.74, 6) is 1.14. The fourth-order valence-corrected chi connectivity index (χ4v) is 2.86. The first-order valence-corrected chi connectivity index (χ1v) is 8.40. The number of hydrogen-bond donors (Lipinski definition) is 1. The Morgan fingerprint density at radius 1 is 1.14 bits per heavy atom. The van der Waals surface area contributed by atoms with Crippen LogP contribution in [0, 0.1) is 19.7 Å². The minimum atomic E-state index is -0.172. The van der Waals surface area contributed by atoms with E-state index in [-0.39, 0.29) is 11.7 Å². The second-order valence-electron chi connectivity index (χ2n) is 5.20. The summed E-state index contributed by atoms with van der Waals surface area (Å²) in [6.45, 7) is 4.59. The molecule has 0 fully saturated rings. The largest absolute Gasteiger partial charge is 0.351 e. The molecule has 0 bridgehead atoms. The Bertz CT molecular complexity index is 657. The molecule has 2 rings (SSSR count). The lowest BCUT2D eigenvalue weighted by Crippen LogP contribution is -2.25. The molecular formula is C18H20FNOS. The smallest absolute Gasteiger partial charge is 0.251 e. The van der Waals surface area contributed by atoms with Crippen LogP contribution in [0.25, 0.3) is 0 Å². The number of thioether (sulfide) groups is 1. The van der Waals surface area contributed by atoms with Gasteiger partial charge in [-0.05, 0) is 48.7 Å². The van der Waals surface area contributed by atoms with Gasteiger partial charge < -0.3 is 5.32 Å². The van der Waals surface area contributed by atoms with Crippen LogP contribution in [0.2, 0.25) is 0 Å². The lowest BCUT2D eigenvalue weighted by molar-refractivity contribution is 0.0956. The summed E-state index contributed by atoms with van der Waals surface area (Å²) in [4.78, 5) is 12.0. The van der Waals surface area contributed by atoms with Gasteiger partial charge in [0.1, 0.15) is 5.82 Å². The zero-order chi connectivity index (χ0) is 15.9. The third-order valence-corrected chi connectivity index (χ3v) is 4.52. The van der Waals surface area contributed by atoms with Crippen molar-refractivity contribution in [1.29, 1.82) is 0 Å². The van der Waals surface area contributed by atoms with Gasteiger partial charge >= 0.3 is 0 Å². The van der Waals surface area contributed by atoms with E-state index >= 15 is 0 Å². The van der Waals surface area contributed by atoms with E-state index in [1.54, 1.807) is 23.9 Å². The second-order valence-corrected chi connectivity index (χ2v) is 6.30. The van der Waals surface area contributed by atoms with Crippen molar-refractivity contribution in [2.24, 2.45) is 0 Å². The summed E-state index contributed by atoms with van der Waals surface area (Å²) in [6.07, 6.45) is 0. The second kappa shape index (κ2) is 7.99. The van der Waals surface area contributed by atoms with E-state index in [0.29, 0.717) is 23.4 Å². The first kappa shape index (κ1) is 16.6. The maximum atomic E-state index is 13.4.